The normalized spacial score (nSPS) is 15.9. The van der Waals surface area contributed by atoms with Gasteiger partial charge in [-0.05, 0) is 29.7 Å². The van der Waals surface area contributed by atoms with Crippen molar-refractivity contribution in [3.05, 3.63) is 80.5 Å². The topological polar surface area (TPSA) is 62.4 Å². The highest BCUT2D eigenvalue weighted by molar-refractivity contribution is 5.95. The van der Waals surface area contributed by atoms with Crippen LogP contribution in [0, 0.1) is 29.1 Å². The summed E-state index contributed by atoms with van der Waals surface area (Å²) in [5.74, 6) is -8.02. The lowest BCUT2D eigenvalue weighted by Crippen LogP contribution is -2.37. The van der Waals surface area contributed by atoms with Crippen LogP contribution in [-0.2, 0) is 11.3 Å². The van der Waals surface area contributed by atoms with Gasteiger partial charge in [-0.25, -0.2) is 22.0 Å². The summed E-state index contributed by atoms with van der Waals surface area (Å²) in [5, 5.41) is -0.0451. The molecule has 1 aromatic heterocycles. The van der Waals surface area contributed by atoms with Crippen LogP contribution in [0.2, 0.25) is 0 Å². The van der Waals surface area contributed by atoms with Gasteiger partial charge >= 0.3 is 0 Å². The minimum atomic E-state index is -1.71. The highest BCUT2D eigenvalue weighted by atomic mass is 19.2. The molecule has 2 aromatic carbocycles. The smallest absolute Gasteiger partial charge is 0.256 e. The molecule has 1 atom stereocenters. The standard InChI is InChI=1S/C20H13F5N2O3/c1-27(20(29)8-2-13(23)18(25)14(24)3-8)16-7-30-6-15-17(16)9-4-11(21)12(22)5-10(9)19(28)26-15/h2-5,16H,6-7H2,1H3,(H,26,28). The maximum absolute atomic E-state index is 13.9. The molecular weight excluding hydrogens is 411 g/mol. The second kappa shape index (κ2) is 7.21. The predicted molar refractivity (Wildman–Crippen MR) is 95.3 cm³/mol. The third kappa shape index (κ3) is 3.13. The minimum Gasteiger partial charge on any atom is -0.373 e. The number of H-pyrrole nitrogens is 1. The molecule has 2 heterocycles. The van der Waals surface area contributed by atoms with E-state index < -0.39 is 52.2 Å². The Morgan fingerprint density at radius 2 is 1.60 bits per heavy atom. The first-order valence-corrected chi connectivity index (χ1v) is 8.72. The number of carbonyl (C=O) groups excluding carboxylic acids is 1. The number of nitrogens with one attached hydrogen (secondary N) is 1. The summed E-state index contributed by atoms with van der Waals surface area (Å²) in [4.78, 5) is 28.7. The third-order valence-corrected chi connectivity index (χ3v) is 5.06. The summed E-state index contributed by atoms with van der Waals surface area (Å²) >= 11 is 0. The van der Waals surface area contributed by atoms with Crippen molar-refractivity contribution < 1.29 is 31.5 Å². The zero-order chi connectivity index (χ0) is 21.7. The van der Waals surface area contributed by atoms with E-state index in [2.05, 4.69) is 4.98 Å². The van der Waals surface area contributed by atoms with Gasteiger partial charge in [0.25, 0.3) is 11.5 Å². The molecule has 0 fully saturated rings. The van der Waals surface area contributed by atoms with E-state index in [0.717, 1.165) is 17.0 Å². The molecule has 0 bridgehead atoms. The van der Waals surface area contributed by atoms with Crippen LogP contribution in [0.1, 0.15) is 27.7 Å². The van der Waals surface area contributed by atoms with Gasteiger partial charge < -0.3 is 14.6 Å². The number of hydrogen-bond donors (Lipinski definition) is 1. The van der Waals surface area contributed by atoms with E-state index >= 15 is 0 Å². The van der Waals surface area contributed by atoms with Gasteiger partial charge in [-0.2, -0.15) is 0 Å². The molecule has 1 aliphatic rings. The molecule has 156 valence electrons. The number of rotatable bonds is 2. The number of pyridine rings is 1. The zero-order valence-electron chi connectivity index (χ0n) is 15.4. The Balaban J connectivity index is 1.84. The van der Waals surface area contributed by atoms with Crippen molar-refractivity contribution >= 4 is 16.7 Å². The van der Waals surface area contributed by atoms with E-state index in [4.69, 9.17) is 4.74 Å². The molecule has 1 amide bonds. The minimum absolute atomic E-state index is 0.0438. The van der Waals surface area contributed by atoms with Crippen LogP contribution in [0.25, 0.3) is 10.8 Å². The molecule has 10 heteroatoms. The SMILES string of the molecule is CN(C(=O)c1cc(F)c(F)c(F)c1)C1COCc2[nH]c(=O)c3cc(F)c(F)cc3c21. The van der Waals surface area contributed by atoms with Gasteiger partial charge in [0, 0.05) is 23.9 Å². The largest absolute Gasteiger partial charge is 0.373 e. The molecule has 4 rings (SSSR count). The molecular formula is C20H13F5N2O3. The van der Waals surface area contributed by atoms with E-state index in [1.807, 2.05) is 0 Å². The summed E-state index contributed by atoms with van der Waals surface area (Å²) in [6, 6.07) is 1.82. The summed E-state index contributed by atoms with van der Waals surface area (Å²) in [7, 11) is 1.31. The Morgan fingerprint density at radius 1 is 1.00 bits per heavy atom. The first-order chi connectivity index (χ1) is 14.2. The number of ether oxygens (including phenoxy) is 1. The van der Waals surface area contributed by atoms with Gasteiger partial charge in [0.2, 0.25) is 0 Å². The molecule has 3 aromatic rings. The second-order valence-electron chi connectivity index (χ2n) is 6.86. The maximum atomic E-state index is 13.9. The fraction of sp³-hybridized carbons (Fsp3) is 0.200. The van der Waals surface area contributed by atoms with Crippen LogP contribution in [0.5, 0.6) is 0 Å². The van der Waals surface area contributed by atoms with E-state index in [0.29, 0.717) is 17.7 Å². The van der Waals surface area contributed by atoms with E-state index in [9.17, 15) is 31.5 Å². The highest BCUT2D eigenvalue weighted by Crippen LogP contribution is 2.34. The summed E-state index contributed by atoms with van der Waals surface area (Å²) < 4.78 is 73.3. The number of benzene rings is 2. The lowest BCUT2D eigenvalue weighted by atomic mass is 9.95. The monoisotopic (exact) mass is 424 g/mol. The summed E-state index contributed by atoms with van der Waals surface area (Å²) in [6.07, 6.45) is 0. The Kier molecular flexibility index (Phi) is 4.81. The van der Waals surface area contributed by atoms with Gasteiger partial charge in [-0.15, -0.1) is 0 Å². The third-order valence-electron chi connectivity index (χ3n) is 5.06. The Bertz CT molecular complexity index is 1230. The lowest BCUT2D eigenvalue weighted by molar-refractivity contribution is 0.0335. The predicted octanol–water partition coefficient (Wildman–Crippen LogP) is 3.57. The molecule has 0 aliphatic carbocycles. The maximum Gasteiger partial charge on any atom is 0.256 e. The number of nitrogens with zero attached hydrogens (tertiary/aromatic N) is 1. The number of halogens is 5. The first kappa shape index (κ1) is 20.0. The zero-order valence-corrected chi connectivity index (χ0v) is 15.4. The van der Waals surface area contributed by atoms with Crippen LogP contribution in [0.15, 0.2) is 29.1 Å². The van der Waals surface area contributed by atoms with Crippen molar-refractivity contribution in [2.75, 3.05) is 13.7 Å². The van der Waals surface area contributed by atoms with Crippen molar-refractivity contribution in [1.29, 1.82) is 0 Å². The Hall–Kier alpha value is -3.27. The van der Waals surface area contributed by atoms with Gasteiger partial charge in [-0.3, -0.25) is 9.59 Å². The number of amides is 1. The van der Waals surface area contributed by atoms with Crippen molar-refractivity contribution in [3.8, 4) is 0 Å². The van der Waals surface area contributed by atoms with E-state index in [1.54, 1.807) is 0 Å². The quantitative estimate of drug-likeness (QED) is 0.506. The van der Waals surface area contributed by atoms with Gasteiger partial charge in [-0.1, -0.05) is 0 Å². The molecule has 1 N–H and O–H groups in total. The van der Waals surface area contributed by atoms with E-state index in [1.165, 1.54) is 7.05 Å². The van der Waals surface area contributed by atoms with Crippen molar-refractivity contribution in [2.24, 2.45) is 0 Å². The molecule has 1 aliphatic heterocycles. The fourth-order valence-corrected chi connectivity index (χ4v) is 3.57. The van der Waals surface area contributed by atoms with Crippen molar-refractivity contribution in [1.82, 2.24) is 9.88 Å². The van der Waals surface area contributed by atoms with Gasteiger partial charge in [0.05, 0.1) is 24.6 Å². The van der Waals surface area contributed by atoms with Crippen molar-refractivity contribution in [3.63, 3.8) is 0 Å². The van der Waals surface area contributed by atoms with Crippen LogP contribution < -0.4 is 5.56 Å². The lowest BCUT2D eigenvalue weighted by Gasteiger charge is -2.34. The summed E-state index contributed by atoms with van der Waals surface area (Å²) in [5.41, 5.74) is -0.546. The Morgan fingerprint density at radius 3 is 2.23 bits per heavy atom. The number of hydrogen-bond acceptors (Lipinski definition) is 3. The number of carbonyl (C=O) groups is 1. The van der Waals surface area contributed by atoms with Crippen LogP contribution in [0.3, 0.4) is 0 Å². The second-order valence-corrected chi connectivity index (χ2v) is 6.86. The Labute approximate surface area is 165 Å². The highest BCUT2D eigenvalue weighted by Gasteiger charge is 2.32. The number of likely N-dealkylation sites (N-methyl/N-ethyl adjacent to an activating group) is 1. The van der Waals surface area contributed by atoms with Crippen LogP contribution in [0.4, 0.5) is 22.0 Å². The molecule has 30 heavy (non-hydrogen) atoms. The van der Waals surface area contributed by atoms with Gasteiger partial charge in [0.15, 0.2) is 29.1 Å². The van der Waals surface area contributed by atoms with Gasteiger partial charge in [0.1, 0.15) is 0 Å². The van der Waals surface area contributed by atoms with E-state index in [-0.39, 0.29) is 29.7 Å². The van der Waals surface area contributed by atoms with Crippen molar-refractivity contribution in [2.45, 2.75) is 12.6 Å². The average molecular weight is 424 g/mol. The van der Waals surface area contributed by atoms with Crippen LogP contribution in [-0.4, -0.2) is 29.4 Å². The summed E-state index contributed by atoms with van der Waals surface area (Å²) in [6.45, 7) is -0.126. The molecule has 0 radical (unpaired) electrons. The molecule has 0 spiro atoms. The molecule has 5 nitrogen and oxygen atoms in total. The van der Waals surface area contributed by atoms with Crippen LogP contribution >= 0.6 is 0 Å². The molecule has 0 saturated heterocycles. The molecule has 1 unspecified atom stereocenters. The first-order valence-electron chi connectivity index (χ1n) is 8.72. The molecule has 0 saturated carbocycles. The number of aromatic nitrogens is 1. The number of fused-ring (bicyclic) bond motifs is 3. The fourth-order valence-electron chi connectivity index (χ4n) is 3.57. The average Bonchev–Trinajstić information content (AvgIpc) is 2.71. The number of aromatic amines is 1.